The van der Waals surface area contributed by atoms with Crippen LogP contribution < -0.4 is 0 Å². The maximum absolute atomic E-state index is 12.0. The predicted octanol–water partition coefficient (Wildman–Crippen LogP) is 4.34. The first-order chi connectivity index (χ1) is 8.06. The second-order valence-corrected chi connectivity index (χ2v) is 4.96. The molecule has 2 rings (SSSR count). The van der Waals surface area contributed by atoms with E-state index in [4.69, 9.17) is 23.2 Å². The Bertz CT molecular complexity index is 517. The third kappa shape index (κ3) is 2.18. The number of halogens is 2. The summed E-state index contributed by atoms with van der Waals surface area (Å²) in [5, 5.41) is 0.984. The van der Waals surface area contributed by atoms with Gasteiger partial charge in [-0.25, -0.2) is 0 Å². The molecule has 3 heteroatoms. The van der Waals surface area contributed by atoms with Crippen LogP contribution in [0.3, 0.4) is 0 Å². The van der Waals surface area contributed by atoms with Crippen LogP contribution in [-0.2, 0) is 10.2 Å². The highest BCUT2D eigenvalue weighted by molar-refractivity contribution is 6.42. The van der Waals surface area contributed by atoms with Crippen molar-refractivity contribution < 1.29 is 4.79 Å². The Hall–Kier alpha value is -1.05. The van der Waals surface area contributed by atoms with Gasteiger partial charge < -0.3 is 0 Å². The van der Waals surface area contributed by atoms with Crippen LogP contribution in [0.15, 0.2) is 42.5 Å². The number of rotatable bonds is 2. The van der Waals surface area contributed by atoms with Gasteiger partial charge >= 0.3 is 0 Å². The molecule has 0 saturated heterocycles. The summed E-state index contributed by atoms with van der Waals surface area (Å²) in [6.07, 6.45) is 8.42. The van der Waals surface area contributed by atoms with E-state index in [0.717, 1.165) is 5.56 Å². The standard InChI is InChI=1S/C14H12Cl2O/c1-10(17)14(7-3-2-4-8-14)11-5-6-12(15)13(16)9-11/h2-7,9H,8H2,1H3. The fraction of sp³-hybridized carbons (Fsp3) is 0.214. The Morgan fingerprint density at radius 2 is 2.00 bits per heavy atom. The minimum absolute atomic E-state index is 0.108. The Kier molecular flexibility index (Phi) is 3.41. The highest BCUT2D eigenvalue weighted by Gasteiger charge is 2.34. The van der Waals surface area contributed by atoms with Gasteiger partial charge in [0.25, 0.3) is 0 Å². The lowest BCUT2D eigenvalue weighted by Gasteiger charge is -2.29. The lowest BCUT2D eigenvalue weighted by molar-refractivity contribution is -0.120. The van der Waals surface area contributed by atoms with E-state index in [0.29, 0.717) is 16.5 Å². The zero-order chi connectivity index (χ0) is 12.5. The van der Waals surface area contributed by atoms with E-state index in [1.807, 2.05) is 30.4 Å². The lowest BCUT2D eigenvalue weighted by atomic mass is 9.73. The van der Waals surface area contributed by atoms with Crippen molar-refractivity contribution >= 4 is 29.0 Å². The monoisotopic (exact) mass is 266 g/mol. The van der Waals surface area contributed by atoms with Crippen LogP contribution in [0.1, 0.15) is 18.9 Å². The molecule has 17 heavy (non-hydrogen) atoms. The van der Waals surface area contributed by atoms with Crippen LogP contribution in [0, 0.1) is 0 Å². The molecule has 0 radical (unpaired) electrons. The molecule has 1 aromatic rings. The van der Waals surface area contributed by atoms with Crippen LogP contribution in [-0.4, -0.2) is 5.78 Å². The van der Waals surface area contributed by atoms with E-state index in [9.17, 15) is 4.79 Å². The van der Waals surface area contributed by atoms with Crippen LogP contribution in [0.2, 0.25) is 10.0 Å². The molecular formula is C14H12Cl2O. The third-order valence-electron chi connectivity index (χ3n) is 3.13. The second kappa shape index (κ2) is 4.67. The zero-order valence-electron chi connectivity index (χ0n) is 9.41. The summed E-state index contributed by atoms with van der Waals surface area (Å²) in [4.78, 5) is 12.0. The number of carbonyl (C=O) groups is 1. The number of ketones is 1. The topological polar surface area (TPSA) is 17.1 Å². The first-order valence-electron chi connectivity index (χ1n) is 5.37. The molecule has 0 bridgehead atoms. The molecule has 0 saturated carbocycles. The zero-order valence-corrected chi connectivity index (χ0v) is 10.9. The fourth-order valence-electron chi connectivity index (χ4n) is 2.07. The van der Waals surface area contributed by atoms with Crippen molar-refractivity contribution in [2.75, 3.05) is 0 Å². The van der Waals surface area contributed by atoms with Gasteiger partial charge in [-0.05, 0) is 31.0 Å². The summed E-state index contributed by atoms with van der Waals surface area (Å²) in [5.74, 6) is 0.108. The third-order valence-corrected chi connectivity index (χ3v) is 3.87. The average Bonchev–Trinajstić information content (AvgIpc) is 2.33. The Balaban J connectivity index is 2.54. The van der Waals surface area contributed by atoms with Crippen molar-refractivity contribution in [2.45, 2.75) is 18.8 Å². The van der Waals surface area contributed by atoms with Gasteiger partial charge in [-0.15, -0.1) is 0 Å². The molecule has 1 unspecified atom stereocenters. The molecule has 0 N–H and O–H groups in total. The van der Waals surface area contributed by atoms with E-state index in [1.54, 1.807) is 19.1 Å². The summed E-state index contributed by atoms with van der Waals surface area (Å²) < 4.78 is 0. The SMILES string of the molecule is CC(=O)C1(c2ccc(Cl)c(Cl)c2)C=CC=CC1. The molecule has 88 valence electrons. The largest absolute Gasteiger partial charge is 0.299 e. The highest BCUT2D eigenvalue weighted by atomic mass is 35.5. The average molecular weight is 267 g/mol. The maximum Gasteiger partial charge on any atom is 0.144 e. The summed E-state index contributed by atoms with van der Waals surface area (Å²) >= 11 is 11.9. The summed E-state index contributed by atoms with van der Waals surface area (Å²) in [5.41, 5.74) is 0.295. The fourth-order valence-corrected chi connectivity index (χ4v) is 2.37. The van der Waals surface area contributed by atoms with Crippen LogP contribution in [0.4, 0.5) is 0 Å². The van der Waals surface area contributed by atoms with Crippen molar-refractivity contribution in [3.8, 4) is 0 Å². The van der Waals surface area contributed by atoms with Crippen molar-refractivity contribution in [2.24, 2.45) is 0 Å². The first-order valence-corrected chi connectivity index (χ1v) is 6.13. The van der Waals surface area contributed by atoms with E-state index in [1.165, 1.54) is 0 Å². The van der Waals surface area contributed by atoms with Gasteiger partial charge in [0.2, 0.25) is 0 Å². The van der Waals surface area contributed by atoms with E-state index < -0.39 is 5.41 Å². The molecule has 1 aliphatic rings. The molecule has 0 heterocycles. The van der Waals surface area contributed by atoms with Gasteiger partial charge in [-0.2, -0.15) is 0 Å². The number of hydrogen-bond donors (Lipinski definition) is 0. The number of benzene rings is 1. The van der Waals surface area contributed by atoms with Gasteiger partial charge in [0.15, 0.2) is 0 Å². The van der Waals surface area contributed by atoms with Gasteiger partial charge in [0, 0.05) is 0 Å². The Morgan fingerprint density at radius 1 is 1.24 bits per heavy atom. The number of hydrogen-bond acceptors (Lipinski definition) is 1. The predicted molar refractivity (Wildman–Crippen MR) is 71.7 cm³/mol. The van der Waals surface area contributed by atoms with E-state index >= 15 is 0 Å². The molecule has 0 aliphatic heterocycles. The van der Waals surface area contributed by atoms with Crippen LogP contribution >= 0.6 is 23.2 Å². The van der Waals surface area contributed by atoms with E-state index in [-0.39, 0.29) is 5.78 Å². The molecule has 1 aliphatic carbocycles. The maximum atomic E-state index is 12.0. The Morgan fingerprint density at radius 3 is 2.53 bits per heavy atom. The lowest BCUT2D eigenvalue weighted by Crippen LogP contribution is -2.32. The van der Waals surface area contributed by atoms with Crippen molar-refractivity contribution in [1.29, 1.82) is 0 Å². The Labute approximate surface area is 111 Å². The molecule has 1 aromatic carbocycles. The molecule has 0 aromatic heterocycles. The van der Waals surface area contributed by atoms with Gasteiger partial charge in [0.1, 0.15) is 5.78 Å². The number of allylic oxidation sites excluding steroid dienone is 4. The number of carbonyl (C=O) groups excluding carboxylic acids is 1. The smallest absolute Gasteiger partial charge is 0.144 e. The summed E-state index contributed by atoms with van der Waals surface area (Å²) in [7, 11) is 0. The van der Waals surface area contributed by atoms with Gasteiger partial charge in [-0.1, -0.05) is 53.6 Å². The van der Waals surface area contributed by atoms with Crippen molar-refractivity contribution in [1.82, 2.24) is 0 Å². The van der Waals surface area contributed by atoms with Crippen molar-refractivity contribution in [3.05, 3.63) is 58.1 Å². The molecule has 0 spiro atoms. The molecule has 0 fully saturated rings. The molecule has 0 amide bonds. The quantitative estimate of drug-likeness (QED) is 0.779. The van der Waals surface area contributed by atoms with Crippen LogP contribution in [0.5, 0.6) is 0 Å². The second-order valence-electron chi connectivity index (χ2n) is 4.15. The molecule has 1 nitrogen and oxygen atoms in total. The van der Waals surface area contributed by atoms with Gasteiger partial charge in [-0.3, -0.25) is 4.79 Å². The van der Waals surface area contributed by atoms with Crippen molar-refractivity contribution in [3.63, 3.8) is 0 Å². The van der Waals surface area contributed by atoms with Gasteiger partial charge in [0.05, 0.1) is 15.5 Å². The first kappa shape index (κ1) is 12.4. The summed E-state index contributed by atoms with van der Waals surface area (Å²) in [6, 6.07) is 5.37. The number of Topliss-reactive ketones (excluding diaryl/α,β-unsaturated/α-hetero) is 1. The summed E-state index contributed by atoms with van der Waals surface area (Å²) in [6.45, 7) is 1.60. The van der Waals surface area contributed by atoms with Crippen LogP contribution in [0.25, 0.3) is 0 Å². The minimum Gasteiger partial charge on any atom is -0.299 e. The van der Waals surface area contributed by atoms with E-state index in [2.05, 4.69) is 0 Å². The highest BCUT2D eigenvalue weighted by Crippen LogP contribution is 2.36. The minimum atomic E-state index is -0.594. The molecule has 1 atom stereocenters. The normalized spacial score (nSPS) is 22.8. The molecular weight excluding hydrogens is 255 g/mol.